The molecule has 0 saturated heterocycles. The number of thiocarbonyl (C=S) groups is 1. The van der Waals surface area contributed by atoms with Crippen molar-refractivity contribution in [1.82, 2.24) is 9.78 Å². The number of halogens is 2. The number of carbonyl (C=O) groups is 1. The fourth-order valence-corrected chi connectivity index (χ4v) is 5.67. The largest absolute Gasteiger partial charge is 0.465 e. The van der Waals surface area contributed by atoms with Crippen molar-refractivity contribution in [2.45, 2.75) is 32.7 Å². The summed E-state index contributed by atoms with van der Waals surface area (Å²) in [5.41, 5.74) is 1.98. The molecule has 0 amide bonds. The number of aromatic nitrogens is 2. The maximum atomic E-state index is 14.0. The van der Waals surface area contributed by atoms with E-state index in [1.165, 1.54) is 29.4 Å². The summed E-state index contributed by atoms with van der Waals surface area (Å²) < 4.78 is 20.6. The van der Waals surface area contributed by atoms with E-state index in [0.29, 0.717) is 38.0 Å². The summed E-state index contributed by atoms with van der Waals surface area (Å²) in [6.07, 6.45) is 4.54. The van der Waals surface area contributed by atoms with E-state index < -0.39 is 0 Å². The van der Waals surface area contributed by atoms with Crippen LogP contribution in [-0.2, 0) is 24.1 Å². The molecule has 10 heteroatoms. The Hall–Kier alpha value is -2.49. The second-order valence-electron chi connectivity index (χ2n) is 7.73. The number of esters is 1. The van der Waals surface area contributed by atoms with Gasteiger partial charge in [-0.1, -0.05) is 24.6 Å². The topological polar surface area (TPSA) is 68.2 Å². The summed E-state index contributed by atoms with van der Waals surface area (Å²) >= 11 is 13.1. The molecule has 0 aliphatic heterocycles. The molecule has 1 atom stereocenters. The summed E-state index contributed by atoms with van der Waals surface area (Å²) in [6.45, 7) is 2.40. The lowest BCUT2D eigenvalue weighted by atomic mass is 9.88. The van der Waals surface area contributed by atoms with Crippen molar-refractivity contribution in [1.29, 1.82) is 0 Å². The lowest BCUT2D eigenvalue weighted by Crippen LogP contribution is -2.21. The van der Waals surface area contributed by atoms with Crippen LogP contribution in [0.15, 0.2) is 30.5 Å². The van der Waals surface area contributed by atoms with Crippen molar-refractivity contribution >= 4 is 57.1 Å². The molecular formula is C22H22ClFN4O2S2. The monoisotopic (exact) mass is 492 g/mol. The van der Waals surface area contributed by atoms with E-state index in [1.807, 2.05) is 0 Å². The number of benzene rings is 1. The van der Waals surface area contributed by atoms with E-state index >= 15 is 0 Å². The fraction of sp³-hybridized carbons (Fsp3) is 0.318. The van der Waals surface area contributed by atoms with E-state index in [1.54, 1.807) is 29.1 Å². The van der Waals surface area contributed by atoms with Gasteiger partial charge in [0.1, 0.15) is 10.8 Å². The third-order valence-corrected chi connectivity index (χ3v) is 7.12. The van der Waals surface area contributed by atoms with Gasteiger partial charge in [-0.05, 0) is 55.1 Å². The van der Waals surface area contributed by atoms with Gasteiger partial charge in [-0.3, -0.25) is 4.68 Å². The minimum Gasteiger partial charge on any atom is -0.465 e. The minimum absolute atomic E-state index is 0.190. The number of rotatable bonds is 5. The first kappa shape index (κ1) is 22.7. The molecule has 0 saturated carbocycles. The van der Waals surface area contributed by atoms with Crippen LogP contribution < -0.4 is 10.6 Å². The van der Waals surface area contributed by atoms with Gasteiger partial charge in [0.05, 0.1) is 19.2 Å². The molecule has 2 N–H and O–H groups in total. The molecule has 0 bridgehead atoms. The zero-order valence-corrected chi connectivity index (χ0v) is 20.0. The average molecular weight is 493 g/mol. The van der Waals surface area contributed by atoms with E-state index in [4.69, 9.17) is 28.6 Å². The molecule has 3 aromatic rings. The maximum absolute atomic E-state index is 14.0. The number of methoxy groups -OCH3 is 1. The maximum Gasteiger partial charge on any atom is 0.341 e. The summed E-state index contributed by atoms with van der Waals surface area (Å²) in [5.74, 6) is 0.320. The summed E-state index contributed by atoms with van der Waals surface area (Å²) in [7, 11) is 1.38. The highest BCUT2D eigenvalue weighted by molar-refractivity contribution is 7.80. The Bertz CT molecular complexity index is 1160. The molecule has 2 heterocycles. The molecule has 168 valence electrons. The molecule has 0 unspecified atom stereocenters. The Labute approximate surface area is 199 Å². The Morgan fingerprint density at radius 3 is 2.97 bits per heavy atom. The van der Waals surface area contributed by atoms with Crippen molar-refractivity contribution in [3.8, 4) is 0 Å². The summed E-state index contributed by atoms with van der Waals surface area (Å²) in [4.78, 5) is 13.6. The quantitative estimate of drug-likeness (QED) is 0.362. The molecule has 0 fully saturated rings. The lowest BCUT2D eigenvalue weighted by molar-refractivity contribution is 0.0601. The van der Waals surface area contributed by atoms with Gasteiger partial charge < -0.3 is 15.4 Å². The van der Waals surface area contributed by atoms with Crippen LogP contribution >= 0.6 is 35.2 Å². The van der Waals surface area contributed by atoms with Gasteiger partial charge in [-0.25, -0.2) is 9.18 Å². The van der Waals surface area contributed by atoms with Crippen LogP contribution in [0.1, 0.15) is 39.7 Å². The molecule has 1 aliphatic rings. The Morgan fingerprint density at radius 1 is 1.41 bits per heavy atom. The van der Waals surface area contributed by atoms with E-state index in [0.717, 1.165) is 24.8 Å². The van der Waals surface area contributed by atoms with Crippen molar-refractivity contribution in [2.75, 3.05) is 17.7 Å². The smallest absolute Gasteiger partial charge is 0.341 e. The molecule has 1 aliphatic carbocycles. The fourth-order valence-electron chi connectivity index (χ4n) is 3.77. The van der Waals surface area contributed by atoms with Gasteiger partial charge >= 0.3 is 5.97 Å². The van der Waals surface area contributed by atoms with Gasteiger partial charge in [0.2, 0.25) is 0 Å². The number of hydrogen-bond acceptors (Lipinski definition) is 5. The first-order chi connectivity index (χ1) is 15.4. The molecule has 4 rings (SSSR count). The molecule has 0 radical (unpaired) electrons. The van der Waals surface area contributed by atoms with Crippen LogP contribution in [0.25, 0.3) is 0 Å². The molecule has 0 spiro atoms. The van der Waals surface area contributed by atoms with Crippen LogP contribution in [0.5, 0.6) is 0 Å². The van der Waals surface area contributed by atoms with Crippen LogP contribution in [0.3, 0.4) is 0 Å². The molecule has 1 aromatic carbocycles. The number of ether oxygens (including phenoxy) is 1. The van der Waals surface area contributed by atoms with Crippen molar-refractivity contribution in [3.63, 3.8) is 0 Å². The van der Waals surface area contributed by atoms with Crippen molar-refractivity contribution in [2.24, 2.45) is 5.92 Å². The molecule has 6 nitrogen and oxygen atoms in total. The zero-order chi connectivity index (χ0) is 22.8. The van der Waals surface area contributed by atoms with Gasteiger partial charge in [0.25, 0.3) is 0 Å². The molecular weight excluding hydrogens is 471 g/mol. The number of nitrogens with zero attached hydrogens (tertiary/aromatic N) is 2. The Kier molecular flexibility index (Phi) is 6.78. The third-order valence-electron chi connectivity index (χ3n) is 5.39. The standard InChI is InChI=1S/C22H22ClFN4O2S2/c1-12-6-7-13-17(10-12)32-20(19(13)21(29)30-2)26-22(31)25-18-8-9-28(27-18)11-14-15(23)4-3-5-16(14)24/h3-5,8-9,12H,6-7,10-11H2,1-2H3,(H2,25,26,27,31)/t12-/m1/s1. The molecule has 2 aromatic heterocycles. The van der Waals surface area contributed by atoms with Crippen molar-refractivity contribution < 1.29 is 13.9 Å². The summed E-state index contributed by atoms with van der Waals surface area (Å²) in [5, 5.41) is 11.8. The third kappa shape index (κ3) is 4.79. The second kappa shape index (κ2) is 9.56. The number of thiophene rings is 1. The van der Waals surface area contributed by atoms with Crippen LogP contribution in [0.2, 0.25) is 5.02 Å². The van der Waals surface area contributed by atoms with E-state index in [-0.39, 0.29) is 18.3 Å². The highest BCUT2D eigenvalue weighted by Gasteiger charge is 2.28. The minimum atomic E-state index is -0.383. The number of fused-ring (bicyclic) bond motifs is 1. The van der Waals surface area contributed by atoms with E-state index in [2.05, 4.69) is 22.7 Å². The first-order valence-electron chi connectivity index (χ1n) is 10.1. The Balaban J connectivity index is 1.47. The second-order valence-corrected chi connectivity index (χ2v) is 9.65. The van der Waals surface area contributed by atoms with Gasteiger partial charge in [0, 0.05) is 27.7 Å². The predicted molar refractivity (Wildman–Crippen MR) is 129 cm³/mol. The average Bonchev–Trinajstić information content (AvgIpc) is 3.33. The van der Waals surface area contributed by atoms with E-state index in [9.17, 15) is 9.18 Å². The Morgan fingerprint density at radius 2 is 2.22 bits per heavy atom. The lowest BCUT2D eigenvalue weighted by Gasteiger charge is -2.18. The van der Waals surface area contributed by atoms with Crippen molar-refractivity contribution in [3.05, 3.63) is 62.9 Å². The zero-order valence-electron chi connectivity index (χ0n) is 17.6. The highest BCUT2D eigenvalue weighted by Crippen LogP contribution is 2.40. The molecule has 32 heavy (non-hydrogen) atoms. The van der Waals surface area contributed by atoms with Gasteiger partial charge in [-0.15, -0.1) is 11.3 Å². The SMILES string of the molecule is COC(=O)c1c(NC(=S)Nc2ccn(Cc3c(F)cccc3Cl)n2)sc2c1CC[C@@H](C)C2. The summed E-state index contributed by atoms with van der Waals surface area (Å²) in [6, 6.07) is 6.29. The van der Waals surface area contributed by atoms with Crippen LogP contribution in [0, 0.1) is 11.7 Å². The number of anilines is 2. The number of nitrogens with one attached hydrogen (secondary N) is 2. The van der Waals surface area contributed by atoms with Crippen LogP contribution in [0.4, 0.5) is 15.2 Å². The first-order valence-corrected chi connectivity index (χ1v) is 11.7. The number of carbonyl (C=O) groups excluding carboxylic acids is 1. The number of hydrogen-bond donors (Lipinski definition) is 2. The highest BCUT2D eigenvalue weighted by atomic mass is 35.5. The van der Waals surface area contributed by atoms with Gasteiger partial charge in [-0.2, -0.15) is 5.10 Å². The van der Waals surface area contributed by atoms with Gasteiger partial charge in [0.15, 0.2) is 10.9 Å². The predicted octanol–water partition coefficient (Wildman–Crippen LogP) is 5.51. The normalized spacial score (nSPS) is 15.2. The van der Waals surface area contributed by atoms with Crippen LogP contribution in [-0.4, -0.2) is 28.0 Å².